The van der Waals surface area contributed by atoms with Gasteiger partial charge in [-0.25, -0.2) is 9.97 Å². The normalized spacial score (nSPS) is 27.2. The van der Waals surface area contributed by atoms with Crippen LogP contribution >= 0.6 is 23.2 Å². The maximum atomic E-state index is 11.2. The number of nitrogens with two attached hydrogens (primary N) is 1. The molecule has 9 heteroatoms. The third kappa shape index (κ3) is 2.94. The Morgan fingerprint density at radius 1 is 1.14 bits per heavy atom. The van der Waals surface area contributed by atoms with Crippen molar-refractivity contribution >= 4 is 40.1 Å². The van der Waals surface area contributed by atoms with E-state index in [1.165, 1.54) is 6.33 Å². The highest BCUT2D eigenvalue weighted by Gasteiger charge is 2.51. The van der Waals surface area contributed by atoms with Crippen molar-refractivity contribution in [3.05, 3.63) is 52.4 Å². The molecule has 0 spiro atoms. The Kier molecular flexibility index (Phi) is 4.76. The molecule has 1 aromatic carbocycles. The molecule has 2 heterocycles. The molecule has 0 saturated heterocycles. The first-order valence-corrected chi connectivity index (χ1v) is 9.58. The number of nitrogen functional groups attached to an aromatic ring is 1. The molecular weight excluding hydrogens is 403 g/mol. The minimum absolute atomic E-state index is 0.313. The number of aromatic nitrogens is 3. The maximum absolute atomic E-state index is 11.2. The summed E-state index contributed by atoms with van der Waals surface area (Å²) in [6.07, 6.45) is 1.20. The minimum atomic E-state index is -1.43. The molecule has 0 amide bonds. The van der Waals surface area contributed by atoms with Crippen LogP contribution in [-0.4, -0.2) is 42.1 Å². The molecular formula is C19H20Cl2N4O3. The van der Waals surface area contributed by atoms with Crippen molar-refractivity contribution in [3.63, 3.8) is 0 Å². The molecule has 0 bridgehead atoms. The number of hydrogen-bond acceptors (Lipinski definition) is 6. The number of fused-ring (bicyclic) bond motifs is 1. The van der Waals surface area contributed by atoms with Gasteiger partial charge in [0.05, 0.1) is 33.2 Å². The number of halogens is 2. The fourth-order valence-corrected chi connectivity index (χ4v) is 4.43. The van der Waals surface area contributed by atoms with Crippen LogP contribution in [0.25, 0.3) is 11.0 Å². The predicted molar refractivity (Wildman–Crippen MR) is 107 cm³/mol. The van der Waals surface area contributed by atoms with Crippen LogP contribution < -0.4 is 5.73 Å². The first kappa shape index (κ1) is 19.4. The highest BCUT2D eigenvalue weighted by atomic mass is 35.5. The molecule has 0 aliphatic heterocycles. The Hall–Kier alpha value is -1.90. The number of anilines is 1. The van der Waals surface area contributed by atoms with Crippen LogP contribution in [0.15, 0.2) is 36.8 Å². The fourth-order valence-electron chi connectivity index (χ4n) is 4.13. The van der Waals surface area contributed by atoms with Gasteiger partial charge in [-0.2, -0.15) is 0 Å². The molecule has 148 valence electrons. The third-order valence-electron chi connectivity index (χ3n) is 5.78. The third-order valence-corrected chi connectivity index (χ3v) is 6.51. The van der Waals surface area contributed by atoms with Crippen LogP contribution in [0, 0.1) is 5.92 Å². The molecule has 1 saturated carbocycles. The van der Waals surface area contributed by atoms with E-state index in [2.05, 4.69) is 9.97 Å². The molecule has 1 fully saturated rings. The van der Waals surface area contributed by atoms with Crippen molar-refractivity contribution in [1.82, 2.24) is 14.5 Å². The van der Waals surface area contributed by atoms with Crippen molar-refractivity contribution in [3.8, 4) is 0 Å². The van der Waals surface area contributed by atoms with E-state index in [1.54, 1.807) is 42.0 Å². The van der Waals surface area contributed by atoms with Crippen LogP contribution in [0.4, 0.5) is 5.82 Å². The number of aliphatic hydroxyl groups is 3. The topological polar surface area (TPSA) is 117 Å². The van der Waals surface area contributed by atoms with Gasteiger partial charge in [-0.15, -0.1) is 0 Å². The molecule has 5 atom stereocenters. The van der Waals surface area contributed by atoms with Gasteiger partial charge in [0.15, 0.2) is 0 Å². The molecule has 28 heavy (non-hydrogen) atoms. The quantitative estimate of drug-likeness (QED) is 0.514. The van der Waals surface area contributed by atoms with Gasteiger partial charge >= 0.3 is 0 Å². The summed E-state index contributed by atoms with van der Waals surface area (Å²) in [7, 11) is 0. The zero-order chi connectivity index (χ0) is 20.2. The van der Waals surface area contributed by atoms with Gasteiger partial charge in [-0.05, 0) is 37.1 Å². The largest absolute Gasteiger partial charge is 0.390 e. The number of hydrogen-bond donors (Lipinski definition) is 4. The second-order valence-electron chi connectivity index (χ2n) is 7.39. The van der Waals surface area contributed by atoms with E-state index in [1.807, 2.05) is 0 Å². The first-order valence-electron chi connectivity index (χ1n) is 8.83. The monoisotopic (exact) mass is 422 g/mol. The van der Waals surface area contributed by atoms with E-state index in [0.29, 0.717) is 38.9 Å². The highest BCUT2D eigenvalue weighted by molar-refractivity contribution is 6.42. The van der Waals surface area contributed by atoms with E-state index < -0.39 is 29.8 Å². The van der Waals surface area contributed by atoms with Gasteiger partial charge in [-0.1, -0.05) is 29.3 Å². The zero-order valence-corrected chi connectivity index (χ0v) is 16.5. The molecule has 4 rings (SSSR count). The van der Waals surface area contributed by atoms with E-state index >= 15 is 0 Å². The average Bonchev–Trinajstić information content (AvgIpc) is 3.20. The highest BCUT2D eigenvalue weighted by Crippen LogP contribution is 2.46. The van der Waals surface area contributed by atoms with Gasteiger partial charge in [0.25, 0.3) is 0 Å². The van der Waals surface area contributed by atoms with Gasteiger partial charge in [0, 0.05) is 12.1 Å². The maximum Gasteiger partial charge on any atom is 0.145 e. The van der Waals surface area contributed by atoms with Crippen molar-refractivity contribution < 1.29 is 15.3 Å². The lowest BCUT2D eigenvalue weighted by molar-refractivity contribution is -0.0751. The molecule has 0 radical (unpaired) electrons. The second kappa shape index (κ2) is 6.86. The van der Waals surface area contributed by atoms with E-state index in [4.69, 9.17) is 28.9 Å². The average molecular weight is 423 g/mol. The van der Waals surface area contributed by atoms with E-state index in [-0.39, 0.29) is 0 Å². The lowest BCUT2D eigenvalue weighted by atomic mass is 9.80. The van der Waals surface area contributed by atoms with Crippen LogP contribution in [0.5, 0.6) is 0 Å². The lowest BCUT2D eigenvalue weighted by Crippen LogP contribution is -2.40. The summed E-state index contributed by atoms with van der Waals surface area (Å²) in [5.41, 5.74) is 5.54. The van der Waals surface area contributed by atoms with Crippen molar-refractivity contribution in [1.29, 1.82) is 0 Å². The summed E-state index contributed by atoms with van der Waals surface area (Å²) in [4.78, 5) is 8.23. The van der Waals surface area contributed by atoms with Gasteiger partial charge in [0.2, 0.25) is 0 Å². The van der Waals surface area contributed by atoms with Crippen LogP contribution in [0.2, 0.25) is 10.0 Å². The predicted octanol–water partition coefficient (Wildman–Crippen LogP) is 2.51. The molecule has 1 aliphatic carbocycles. The lowest BCUT2D eigenvalue weighted by Gasteiger charge is -2.33. The number of aliphatic hydroxyl groups excluding tert-OH is 2. The molecule has 3 aromatic rings. The van der Waals surface area contributed by atoms with Gasteiger partial charge in [0.1, 0.15) is 23.9 Å². The smallest absolute Gasteiger partial charge is 0.145 e. The Labute approximate surface area is 171 Å². The molecule has 1 aliphatic rings. The molecule has 5 N–H and O–H groups in total. The molecule has 0 unspecified atom stereocenters. The summed E-state index contributed by atoms with van der Waals surface area (Å²) in [6.45, 7) is 1.60. The number of rotatable bonds is 3. The standard InChI is InChI=1S/C19H20Cl2N4O3/c1-19(28,9-2-3-12(20)13(21)6-9)11-7-14(16(27)15(11)26)25-5-4-10-17(22)23-8-24-18(10)25/h2-6,8,11,14-16,26-28H,7H2,1H3,(H2,22,23,24)/t11-,14+,15+,16-,19+/m0/s1. The summed E-state index contributed by atoms with van der Waals surface area (Å²) in [5.74, 6) is -0.294. The van der Waals surface area contributed by atoms with Crippen LogP contribution in [0.3, 0.4) is 0 Å². The van der Waals surface area contributed by atoms with E-state index in [9.17, 15) is 15.3 Å². The number of nitrogens with zero attached hydrogens (tertiary/aromatic N) is 3. The zero-order valence-electron chi connectivity index (χ0n) is 15.0. The van der Waals surface area contributed by atoms with Crippen molar-refractivity contribution in [2.24, 2.45) is 5.92 Å². The SMILES string of the molecule is C[C@@](O)(c1ccc(Cl)c(Cl)c1)[C@H]1C[C@@H](n2ccc3c(N)ncnc32)[C@H](O)[C@@H]1O. The number of benzene rings is 1. The summed E-state index contributed by atoms with van der Waals surface area (Å²) < 4.78 is 1.77. The second-order valence-corrected chi connectivity index (χ2v) is 8.20. The Morgan fingerprint density at radius 2 is 1.89 bits per heavy atom. The van der Waals surface area contributed by atoms with Crippen molar-refractivity contribution in [2.75, 3.05) is 5.73 Å². The Balaban J connectivity index is 1.71. The first-order chi connectivity index (χ1) is 13.2. The fraction of sp³-hybridized carbons (Fsp3) is 0.368. The Bertz CT molecular complexity index is 1040. The molecule has 2 aromatic heterocycles. The summed E-state index contributed by atoms with van der Waals surface area (Å²) >= 11 is 12.1. The molecule has 7 nitrogen and oxygen atoms in total. The minimum Gasteiger partial charge on any atom is -0.390 e. The van der Waals surface area contributed by atoms with Crippen LogP contribution in [-0.2, 0) is 5.60 Å². The summed E-state index contributed by atoms with van der Waals surface area (Å²) in [5, 5.41) is 34.1. The van der Waals surface area contributed by atoms with Crippen molar-refractivity contribution in [2.45, 2.75) is 37.2 Å². The van der Waals surface area contributed by atoms with E-state index in [0.717, 1.165) is 0 Å². The van der Waals surface area contributed by atoms with Gasteiger partial charge < -0.3 is 25.6 Å². The van der Waals surface area contributed by atoms with Gasteiger partial charge in [-0.3, -0.25) is 0 Å². The Morgan fingerprint density at radius 3 is 2.61 bits per heavy atom. The summed E-state index contributed by atoms with van der Waals surface area (Å²) in [6, 6.07) is 6.13. The van der Waals surface area contributed by atoms with Crippen LogP contribution in [0.1, 0.15) is 24.9 Å².